The number of aryl methyl sites for hydroxylation is 2. The maximum Gasteiger partial charge on any atom is 0.255 e. The maximum absolute atomic E-state index is 12.9. The average Bonchev–Trinajstić information content (AvgIpc) is 2.72. The summed E-state index contributed by atoms with van der Waals surface area (Å²) in [5.41, 5.74) is 5.96. The molecule has 0 fully saturated rings. The molecule has 3 aromatic carbocycles. The number of fused-ring (bicyclic) bond motifs is 1. The van der Waals surface area contributed by atoms with Gasteiger partial charge in [0.15, 0.2) is 0 Å². The lowest BCUT2D eigenvalue weighted by molar-refractivity contribution is 0.102. The first-order valence-corrected chi connectivity index (χ1v) is 10.5. The Bertz CT molecular complexity index is 1260. The Morgan fingerprint density at radius 1 is 1.00 bits per heavy atom. The van der Waals surface area contributed by atoms with Crippen molar-refractivity contribution in [2.45, 2.75) is 20.8 Å². The van der Waals surface area contributed by atoms with Crippen LogP contribution in [-0.2, 0) is 0 Å². The lowest BCUT2D eigenvalue weighted by Gasteiger charge is -2.12. The summed E-state index contributed by atoms with van der Waals surface area (Å²) < 4.78 is 5.89. The van der Waals surface area contributed by atoms with Gasteiger partial charge in [-0.3, -0.25) is 4.79 Å². The van der Waals surface area contributed by atoms with Crippen molar-refractivity contribution < 1.29 is 9.53 Å². The zero-order valence-corrected chi connectivity index (χ0v) is 18.5. The Morgan fingerprint density at radius 2 is 1.77 bits per heavy atom. The van der Waals surface area contributed by atoms with Gasteiger partial charge in [-0.05, 0) is 74.4 Å². The first-order valence-electron chi connectivity index (χ1n) is 10.2. The smallest absolute Gasteiger partial charge is 0.255 e. The normalized spacial score (nSPS) is 10.8. The fraction of sp³-hybridized carbons (Fsp3) is 0.154. The van der Waals surface area contributed by atoms with Gasteiger partial charge in [-0.15, -0.1) is 0 Å². The number of rotatable bonds is 5. The average molecular weight is 431 g/mol. The molecule has 1 N–H and O–H groups in total. The quantitative estimate of drug-likeness (QED) is 0.377. The lowest BCUT2D eigenvalue weighted by atomic mass is 10.1. The van der Waals surface area contributed by atoms with E-state index in [0.29, 0.717) is 22.9 Å². The van der Waals surface area contributed by atoms with Gasteiger partial charge < -0.3 is 10.1 Å². The van der Waals surface area contributed by atoms with Crippen LogP contribution in [0.3, 0.4) is 0 Å². The van der Waals surface area contributed by atoms with Gasteiger partial charge in [-0.2, -0.15) is 0 Å². The fourth-order valence-corrected chi connectivity index (χ4v) is 3.85. The Morgan fingerprint density at radius 3 is 2.48 bits per heavy atom. The van der Waals surface area contributed by atoms with Gasteiger partial charge in [0.2, 0.25) is 0 Å². The van der Waals surface area contributed by atoms with Crippen molar-refractivity contribution in [3.05, 3.63) is 88.4 Å². The minimum Gasteiger partial charge on any atom is -0.493 e. The van der Waals surface area contributed by atoms with E-state index in [1.807, 2.05) is 75.4 Å². The fourth-order valence-electron chi connectivity index (χ4n) is 3.66. The van der Waals surface area contributed by atoms with Crippen LogP contribution in [0.1, 0.15) is 28.4 Å². The molecule has 0 bridgehead atoms. The molecule has 0 unspecified atom stereocenters. The van der Waals surface area contributed by atoms with E-state index < -0.39 is 0 Å². The number of aromatic nitrogens is 1. The summed E-state index contributed by atoms with van der Waals surface area (Å²) >= 11 is 6.15. The monoisotopic (exact) mass is 430 g/mol. The minimum atomic E-state index is -0.173. The molecule has 0 spiro atoms. The summed E-state index contributed by atoms with van der Waals surface area (Å²) in [5.74, 6) is 0.511. The first-order chi connectivity index (χ1) is 14.9. The minimum absolute atomic E-state index is 0.173. The molecule has 1 aromatic heterocycles. The third-order valence-electron chi connectivity index (χ3n) is 4.93. The summed E-state index contributed by atoms with van der Waals surface area (Å²) in [6.07, 6.45) is 0. The van der Waals surface area contributed by atoms with Crippen molar-refractivity contribution in [1.29, 1.82) is 0 Å². The van der Waals surface area contributed by atoms with E-state index in [1.165, 1.54) is 0 Å². The first kappa shape index (κ1) is 20.9. The molecule has 156 valence electrons. The number of hydrogen-bond donors (Lipinski definition) is 1. The predicted molar refractivity (Wildman–Crippen MR) is 127 cm³/mol. The van der Waals surface area contributed by atoms with E-state index in [4.69, 9.17) is 21.3 Å². The van der Waals surface area contributed by atoms with E-state index in [9.17, 15) is 4.79 Å². The van der Waals surface area contributed by atoms with Gasteiger partial charge in [-0.1, -0.05) is 29.8 Å². The molecular weight excluding hydrogens is 408 g/mol. The maximum atomic E-state index is 12.9. The molecule has 0 saturated carbocycles. The number of nitrogens with zero attached hydrogens (tertiary/aromatic N) is 1. The number of ether oxygens (including phenoxy) is 1. The SMILES string of the molecule is CCOc1cc(-c2cccc(Cl)c2)nc2ccc(C(=O)Nc3cc(C)cc(C)c3)cc12. The molecule has 0 radical (unpaired) electrons. The number of amides is 1. The van der Waals surface area contributed by atoms with Gasteiger partial charge in [-0.25, -0.2) is 4.98 Å². The third-order valence-corrected chi connectivity index (χ3v) is 5.17. The summed E-state index contributed by atoms with van der Waals surface area (Å²) in [5, 5.41) is 4.43. The van der Waals surface area contributed by atoms with Gasteiger partial charge in [0.1, 0.15) is 5.75 Å². The Kier molecular flexibility index (Phi) is 5.92. The molecular formula is C26H23ClN2O2. The standard InChI is InChI=1S/C26H23ClN2O2/c1-4-31-25-15-24(18-6-5-7-20(27)13-18)29-23-9-8-19(14-22(23)25)26(30)28-21-11-16(2)10-17(3)12-21/h5-15H,4H2,1-3H3,(H,28,30). The second-order valence-electron chi connectivity index (χ2n) is 7.51. The van der Waals surface area contributed by atoms with Gasteiger partial charge in [0.25, 0.3) is 5.91 Å². The van der Waals surface area contributed by atoms with E-state index in [1.54, 1.807) is 6.07 Å². The van der Waals surface area contributed by atoms with Crippen molar-refractivity contribution in [2.75, 3.05) is 11.9 Å². The molecule has 31 heavy (non-hydrogen) atoms. The number of benzene rings is 3. The Labute approximate surface area is 186 Å². The van der Waals surface area contributed by atoms with Crippen LogP contribution in [0.5, 0.6) is 5.75 Å². The number of carbonyl (C=O) groups excluding carboxylic acids is 1. The van der Waals surface area contributed by atoms with Crippen LogP contribution in [-0.4, -0.2) is 17.5 Å². The van der Waals surface area contributed by atoms with E-state index in [0.717, 1.165) is 39.0 Å². The second kappa shape index (κ2) is 8.78. The van der Waals surface area contributed by atoms with E-state index in [-0.39, 0.29) is 5.91 Å². The molecule has 0 aliphatic heterocycles. The second-order valence-corrected chi connectivity index (χ2v) is 7.95. The van der Waals surface area contributed by atoms with Gasteiger partial charge in [0.05, 0.1) is 17.8 Å². The van der Waals surface area contributed by atoms with E-state index in [2.05, 4.69) is 11.4 Å². The zero-order chi connectivity index (χ0) is 22.0. The third kappa shape index (κ3) is 4.70. The van der Waals surface area contributed by atoms with Gasteiger partial charge >= 0.3 is 0 Å². The number of hydrogen-bond acceptors (Lipinski definition) is 3. The zero-order valence-electron chi connectivity index (χ0n) is 17.7. The van der Waals surface area contributed by atoms with E-state index >= 15 is 0 Å². The Balaban J connectivity index is 1.73. The van der Waals surface area contributed by atoms with Crippen molar-refractivity contribution in [2.24, 2.45) is 0 Å². The highest BCUT2D eigenvalue weighted by Crippen LogP contribution is 2.32. The lowest BCUT2D eigenvalue weighted by Crippen LogP contribution is -2.12. The summed E-state index contributed by atoms with van der Waals surface area (Å²) in [6.45, 7) is 6.46. The molecule has 4 rings (SSSR count). The molecule has 1 amide bonds. The largest absolute Gasteiger partial charge is 0.493 e. The van der Waals surface area contributed by atoms with Crippen molar-refractivity contribution in [3.63, 3.8) is 0 Å². The number of nitrogens with one attached hydrogen (secondary N) is 1. The molecule has 4 nitrogen and oxygen atoms in total. The molecule has 1 heterocycles. The molecule has 0 aliphatic carbocycles. The van der Waals surface area contributed by atoms with Gasteiger partial charge in [0, 0.05) is 33.3 Å². The number of anilines is 1. The summed E-state index contributed by atoms with van der Waals surface area (Å²) in [6, 6.07) is 20.9. The topological polar surface area (TPSA) is 51.2 Å². The highest BCUT2D eigenvalue weighted by atomic mass is 35.5. The van der Waals surface area contributed by atoms with Crippen LogP contribution in [0, 0.1) is 13.8 Å². The van der Waals surface area contributed by atoms with Crippen molar-refractivity contribution in [3.8, 4) is 17.0 Å². The van der Waals surface area contributed by atoms with Crippen LogP contribution >= 0.6 is 11.6 Å². The molecule has 0 aliphatic rings. The van der Waals surface area contributed by atoms with Crippen LogP contribution in [0.15, 0.2) is 66.7 Å². The molecule has 5 heteroatoms. The van der Waals surface area contributed by atoms with Crippen LogP contribution in [0.4, 0.5) is 5.69 Å². The number of carbonyl (C=O) groups is 1. The molecule has 0 saturated heterocycles. The van der Waals surface area contributed by atoms with Crippen LogP contribution in [0.2, 0.25) is 5.02 Å². The molecule has 4 aromatic rings. The predicted octanol–water partition coefficient (Wildman–Crippen LogP) is 6.82. The molecule has 0 atom stereocenters. The number of pyridine rings is 1. The van der Waals surface area contributed by atoms with Crippen LogP contribution in [0.25, 0.3) is 22.2 Å². The Hall–Kier alpha value is -3.37. The highest BCUT2D eigenvalue weighted by molar-refractivity contribution is 6.30. The number of halogens is 1. The summed E-state index contributed by atoms with van der Waals surface area (Å²) in [4.78, 5) is 17.7. The van der Waals surface area contributed by atoms with Crippen molar-refractivity contribution in [1.82, 2.24) is 4.98 Å². The van der Waals surface area contributed by atoms with Crippen LogP contribution < -0.4 is 10.1 Å². The van der Waals surface area contributed by atoms with Crippen molar-refractivity contribution >= 4 is 34.1 Å². The summed E-state index contributed by atoms with van der Waals surface area (Å²) in [7, 11) is 0. The highest BCUT2D eigenvalue weighted by Gasteiger charge is 2.13.